The van der Waals surface area contributed by atoms with E-state index in [1.807, 2.05) is 12.1 Å². The molecular formula is C57H37NO. The lowest BCUT2D eigenvalue weighted by atomic mass is 9.67. The van der Waals surface area contributed by atoms with Gasteiger partial charge in [0.1, 0.15) is 11.2 Å². The van der Waals surface area contributed by atoms with Gasteiger partial charge in [-0.05, 0) is 103 Å². The molecule has 276 valence electrons. The highest BCUT2D eigenvalue weighted by atomic mass is 16.3. The van der Waals surface area contributed by atoms with Gasteiger partial charge in [0.05, 0.1) is 11.1 Å². The van der Waals surface area contributed by atoms with Gasteiger partial charge in [-0.2, -0.15) is 0 Å². The summed E-state index contributed by atoms with van der Waals surface area (Å²) in [5.74, 6) is 0. The molecule has 2 nitrogen and oxygen atoms in total. The molecule has 0 radical (unpaired) electrons. The highest BCUT2D eigenvalue weighted by molar-refractivity contribution is 6.10. The monoisotopic (exact) mass is 751 g/mol. The Morgan fingerprint density at radius 2 is 0.983 bits per heavy atom. The molecule has 0 atom stereocenters. The Morgan fingerprint density at radius 1 is 0.356 bits per heavy atom. The maximum atomic E-state index is 6.28. The zero-order valence-corrected chi connectivity index (χ0v) is 32.2. The fourth-order valence-electron chi connectivity index (χ4n) is 10.0. The molecule has 0 fully saturated rings. The molecule has 0 saturated carbocycles. The Bertz CT molecular complexity index is 3350. The van der Waals surface area contributed by atoms with E-state index in [-0.39, 0.29) is 0 Å². The van der Waals surface area contributed by atoms with E-state index in [0.29, 0.717) is 0 Å². The molecule has 12 rings (SSSR count). The maximum Gasteiger partial charge on any atom is 0.135 e. The molecule has 1 aromatic heterocycles. The number of anilines is 3. The first-order valence-electron chi connectivity index (χ1n) is 20.3. The number of furan rings is 1. The second kappa shape index (κ2) is 13.2. The summed E-state index contributed by atoms with van der Waals surface area (Å²) in [6.45, 7) is 0. The van der Waals surface area contributed by atoms with Crippen molar-refractivity contribution >= 4 is 60.5 Å². The van der Waals surface area contributed by atoms with Gasteiger partial charge < -0.3 is 9.32 Å². The van der Waals surface area contributed by atoms with E-state index >= 15 is 0 Å². The summed E-state index contributed by atoms with van der Waals surface area (Å²) in [7, 11) is 0. The van der Waals surface area contributed by atoms with Crippen molar-refractivity contribution in [1.82, 2.24) is 0 Å². The van der Waals surface area contributed by atoms with Gasteiger partial charge in [0.2, 0.25) is 0 Å². The number of hydrogen-bond acceptors (Lipinski definition) is 2. The van der Waals surface area contributed by atoms with Crippen LogP contribution in [0.5, 0.6) is 0 Å². The molecule has 1 heterocycles. The van der Waals surface area contributed by atoms with Crippen LogP contribution in [0.25, 0.3) is 65.7 Å². The number of benzene rings is 10. The molecule has 0 spiro atoms. The van der Waals surface area contributed by atoms with Crippen LogP contribution in [0.4, 0.5) is 17.1 Å². The summed E-state index contributed by atoms with van der Waals surface area (Å²) in [5.41, 5.74) is 14.8. The van der Waals surface area contributed by atoms with Gasteiger partial charge in [-0.1, -0.05) is 182 Å². The minimum absolute atomic E-state index is 0.446. The summed E-state index contributed by atoms with van der Waals surface area (Å²) in [6, 6.07) is 81.9. The summed E-state index contributed by atoms with van der Waals surface area (Å²) in [5, 5.41) is 7.10. The first-order chi connectivity index (χ1) is 29.3. The smallest absolute Gasteiger partial charge is 0.135 e. The second-order valence-corrected chi connectivity index (χ2v) is 15.6. The van der Waals surface area contributed by atoms with Crippen molar-refractivity contribution in [1.29, 1.82) is 0 Å². The molecule has 10 aromatic carbocycles. The van der Waals surface area contributed by atoms with Crippen LogP contribution in [0.2, 0.25) is 0 Å². The summed E-state index contributed by atoms with van der Waals surface area (Å²) < 4.78 is 6.28. The largest absolute Gasteiger partial charge is 0.456 e. The average Bonchev–Trinajstić information content (AvgIpc) is 3.83. The van der Waals surface area contributed by atoms with Crippen molar-refractivity contribution in [3.8, 4) is 22.3 Å². The van der Waals surface area contributed by atoms with Gasteiger partial charge in [-0.25, -0.2) is 0 Å². The van der Waals surface area contributed by atoms with Crippen molar-refractivity contribution < 1.29 is 4.42 Å². The number of fused-ring (bicyclic) bond motifs is 9. The van der Waals surface area contributed by atoms with Gasteiger partial charge in [0.15, 0.2) is 0 Å². The molecule has 0 aliphatic heterocycles. The fourth-order valence-corrected chi connectivity index (χ4v) is 10.0. The normalized spacial score (nSPS) is 12.9. The predicted octanol–water partition coefficient (Wildman–Crippen LogP) is 15.4. The van der Waals surface area contributed by atoms with Crippen LogP contribution in [0.3, 0.4) is 0 Å². The van der Waals surface area contributed by atoms with Crippen molar-refractivity contribution in [3.05, 3.63) is 247 Å². The van der Waals surface area contributed by atoms with E-state index < -0.39 is 5.41 Å². The molecule has 0 N–H and O–H groups in total. The van der Waals surface area contributed by atoms with Gasteiger partial charge in [0, 0.05) is 27.5 Å². The maximum absolute atomic E-state index is 6.28. The van der Waals surface area contributed by atoms with Crippen LogP contribution in [-0.2, 0) is 5.41 Å². The molecule has 0 amide bonds. The fraction of sp³-hybridized carbons (Fsp3) is 0.0175. The third-order valence-corrected chi connectivity index (χ3v) is 12.5. The lowest BCUT2D eigenvalue weighted by molar-refractivity contribution is 0.669. The Hall–Kier alpha value is -7.68. The first kappa shape index (κ1) is 33.5. The van der Waals surface area contributed by atoms with Crippen molar-refractivity contribution in [2.24, 2.45) is 0 Å². The highest BCUT2D eigenvalue weighted by Gasteiger charge is 2.46. The van der Waals surface area contributed by atoms with Gasteiger partial charge in [-0.15, -0.1) is 0 Å². The molecule has 2 heteroatoms. The SMILES string of the molecule is c1ccc(C2(c3ccccc3)c3ccccc3-c3c2ccc2c(-c4cccc(N(c5ccc6oc7ccccc7c6c5)c5cccc6ccccc56)c4)cccc32)cc1. The number of para-hydroxylation sites is 1. The Balaban J connectivity index is 1.07. The van der Waals surface area contributed by atoms with Crippen LogP contribution < -0.4 is 4.90 Å². The second-order valence-electron chi connectivity index (χ2n) is 15.6. The highest BCUT2D eigenvalue weighted by Crippen LogP contribution is 2.58. The summed E-state index contributed by atoms with van der Waals surface area (Å²) in [6.07, 6.45) is 0. The minimum Gasteiger partial charge on any atom is -0.456 e. The molecule has 0 unspecified atom stereocenters. The van der Waals surface area contributed by atoms with Crippen LogP contribution in [0.1, 0.15) is 22.3 Å². The van der Waals surface area contributed by atoms with E-state index in [9.17, 15) is 0 Å². The molecule has 0 saturated heterocycles. The number of hydrogen-bond donors (Lipinski definition) is 0. The molecule has 1 aliphatic carbocycles. The van der Waals surface area contributed by atoms with Crippen LogP contribution in [0.15, 0.2) is 229 Å². The van der Waals surface area contributed by atoms with Crippen molar-refractivity contribution in [2.45, 2.75) is 5.41 Å². The standard InChI is InChI=1S/C57H37NO/c1-3-19-40(20-4-1)57(41-21-5-2-6-22-41)51-29-11-9-26-49(51)56-48-28-15-27-44(46(48)33-34-52(56)57)39-18-13-23-42(36-39)58(53-30-14-17-38-16-7-8-24-45(38)53)43-32-35-55-50(37-43)47-25-10-12-31-54(47)59-55/h1-37H. The summed E-state index contributed by atoms with van der Waals surface area (Å²) >= 11 is 0. The van der Waals surface area contributed by atoms with Crippen molar-refractivity contribution in [3.63, 3.8) is 0 Å². The predicted molar refractivity (Wildman–Crippen MR) is 246 cm³/mol. The Kier molecular flexibility index (Phi) is 7.48. The van der Waals surface area contributed by atoms with Gasteiger partial charge in [0.25, 0.3) is 0 Å². The van der Waals surface area contributed by atoms with Crippen LogP contribution in [0, 0.1) is 0 Å². The zero-order valence-electron chi connectivity index (χ0n) is 32.2. The minimum atomic E-state index is -0.446. The van der Waals surface area contributed by atoms with E-state index in [2.05, 4.69) is 217 Å². The molecular weight excluding hydrogens is 715 g/mol. The Morgan fingerprint density at radius 3 is 1.83 bits per heavy atom. The quantitative estimate of drug-likeness (QED) is 0.168. The van der Waals surface area contributed by atoms with Gasteiger partial charge in [-0.3, -0.25) is 0 Å². The lowest BCUT2D eigenvalue weighted by Gasteiger charge is -2.34. The van der Waals surface area contributed by atoms with E-state index in [0.717, 1.165) is 44.6 Å². The third kappa shape index (κ3) is 5.00. The number of rotatable bonds is 6. The van der Waals surface area contributed by atoms with Gasteiger partial charge >= 0.3 is 0 Å². The lowest BCUT2D eigenvalue weighted by Crippen LogP contribution is -2.28. The van der Waals surface area contributed by atoms with E-state index in [1.165, 1.54) is 60.5 Å². The van der Waals surface area contributed by atoms with Crippen LogP contribution in [-0.4, -0.2) is 0 Å². The summed E-state index contributed by atoms with van der Waals surface area (Å²) in [4.78, 5) is 2.40. The molecule has 11 aromatic rings. The molecule has 59 heavy (non-hydrogen) atoms. The van der Waals surface area contributed by atoms with Crippen molar-refractivity contribution in [2.75, 3.05) is 4.90 Å². The number of nitrogens with zero attached hydrogens (tertiary/aromatic N) is 1. The molecule has 1 aliphatic rings. The first-order valence-corrected chi connectivity index (χ1v) is 20.3. The zero-order chi connectivity index (χ0) is 38.9. The topological polar surface area (TPSA) is 16.4 Å². The molecule has 0 bridgehead atoms. The van der Waals surface area contributed by atoms with E-state index in [1.54, 1.807) is 0 Å². The Labute approximate surface area is 342 Å². The van der Waals surface area contributed by atoms with E-state index in [4.69, 9.17) is 4.42 Å². The average molecular weight is 752 g/mol. The third-order valence-electron chi connectivity index (χ3n) is 12.5. The van der Waals surface area contributed by atoms with Crippen LogP contribution >= 0.6 is 0 Å².